The van der Waals surface area contributed by atoms with Crippen LogP contribution in [0.25, 0.3) is 20.2 Å². The SMILES string of the molecule is Cc1nn(CC(=O)NC[C@@H](C)c2ccccc2)c(=O)c2c1sc1ccccc12. The van der Waals surface area contributed by atoms with Gasteiger partial charge in [-0.15, -0.1) is 11.3 Å². The highest BCUT2D eigenvalue weighted by molar-refractivity contribution is 7.26. The number of thiophene rings is 1. The highest BCUT2D eigenvalue weighted by atomic mass is 32.1. The fraction of sp³-hybridized carbons (Fsp3) is 0.227. The molecule has 0 spiro atoms. The lowest BCUT2D eigenvalue weighted by atomic mass is 10.0. The Hall–Kier alpha value is -2.99. The molecule has 5 nitrogen and oxygen atoms in total. The van der Waals surface area contributed by atoms with Gasteiger partial charge >= 0.3 is 0 Å². The fourth-order valence-corrected chi connectivity index (χ4v) is 4.51. The zero-order valence-corrected chi connectivity index (χ0v) is 16.6. The molecule has 0 aliphatic carbocycles. The molecule has 0 unspecified atom stereocenters. The lowest BCUT2D eigenvalue weighted by Crippen LogP contribution is -2.35. The summed E-state index contributed by atoms with van der Waals surface area (Å²) in [5, 5.41) is 8.87. The van der Waals surface area contributed by atoms with Gasteiger partial charge in [-0.1, -0.05) is 55.5 Å². The van der Waals surface area contributed by atoms with Crippen molar-refractivity contribution in [2.24, 2.45) is 0 Å². The van der Waals surface area contributed by atoms with Crippen molar-refractivity contribution >= 4 is 37.4 Å². The number of aryl methyl sites for hydroxylation is 1. The van der Waals surface area contributed by atoms with Gasteiger partial charge < -0.3 is 5.32 Å². The molecule has 2 aromatic heterocycles. The molecule has 4 aromatic rings. The van der Waals surface area contributed by atoms with Crippen molar-refractivity contribution in [1.82, 2.24) is 15.1 Å². The minimum atomic E-state index is -0.218. The Balaban J connectivity index is 1.56. The molecule has 0 bridgehead atoms. The number of hydrogen-bond donors (Lipinski definition) is 1. The average molecular weight is 391 g/mol. The van der Waals surface area contributed by atoms with Crippen molar-refractivity contribution in [3.05, 3.63) is 76.2 Å². The molecule has 1 N–H and O–H groups in total. The van der Waals surface area contributed by atoms with Gasteiger partial charge in [0.2, 0.25) is 5.91 Å². The second kappa shape index (κ2) is 7.56. The second-order valence-electron chi connectivity index (χ2n) is 6.97. The van der Waals surface area contributed by atoms with Crippen LogP contribution >= 0.6 is 11.3 Å². The van der Waals surface area contributed by atoms with Gasteiger partial charge in [0.25, 0.3) is 5.56 Å². The summed E-state index contributed by atoms with van der Waals surface area (Å²) in [7, 11) is 0. The lowest BCUT2D eigenvalue weighted by molar-refractivity contribution is -0.121. The van der Waals surface area contributed by atoms with Gasteiger partial charge in [-0.3, -0.25) is 9.59 Å². The first-order valence-corrected chi connectivity index (χ1v) is 10.1. The minimum absolute atomic E-state index is 0.0820. The molecule has 0 saturated carbocycles. The summed E-state index contributed by atoms with van der Waals surface area (Å²) in [5.74, 6) is -0.0180. The second-order valence-corrected chi connectivity index (χ2v) is 8.02. The first-order valence-electron chi connectivity index (χ1n) is 9.25. The van der Waals surface area contributed by atoms with Crippen LogP contribution in [-0.4, -0.2) is 22.2 Å². The van der Waals surface area contributed by atoms with Gasteiger partial charge in [0.15, 0.2) is 0 Å². The summed E-state index contributed by atoms with van der Waals surface area (Å²) < 4.78 is 3.22. The molecule has 142 valence electrons. The van der Waals surface area contributed by atoms with Crippen molar-refractivity contribution < 1.29 is 4.79 Å². The third kappa shape index (κ3) is 3.43. The van der Waals surface area contributed by atoms with Crippen molar-refractivity contribution in [1.29, 1.82) is 0 Å². The van der Waals surface area contributed by atoms with E-state index in [-0.39, 0.29) is 23.9 Å². The zero-order chi connectivity index (χ0) is 19.7. The van der Waals surface area contributed by atoms with Crippen LogP contribution in [0.3, 0.4) is 0 Å². The standard InChI is InChI=1S/C22H21N3O2S/c1-14(16-8-4-3-5-9-16)12-23-19(26)13-25-22(27)20-17-10-6-7-11-18(17)28-21(20)15(2)24-25/h3-11,14H,12-13H2,1-2H3,(H,23,26)/t14-/m1/s1. The number of carbonyl (C=O) groups is 1. The molecule has 0 aliphatic rings. The number of rotatable bonds is 5. The number of carbonyl (C=O) groups excluding carboxylic acids is 1. The van der Waals surface area contributed by atoms with Crippen LogP contribution in [0.5, 0.6) is 0 Å². The van der Waals surface area contributed by atoms with Crippen LogP contribution in [0.2, 0.25) is 0 Å². The molecule has 0 saturated heterocycles. The van der Waals surface area contributed by atoms with E-state index in [2.05, 4.69) is 17.3 Å². The van der Waals surface area contributed by atoms with E-state index in [1.165, 1.54) is 10.2 Å². The molecule has 6 heteroatoms. The van der Waals surface area contributed by atoms with E-state index >= 15 is 0 Å². The Labute approximate surface area is 166 Å². The molecule has 2 aromatic carbocycles. The highest BCUT2D eigenvalue weighted by Crippen LogP contribution is 2.32. The number of amides is 1. The monoisotopic (exact) mass is 391 g/mol. The minimum Gasteiger partial charge on any atom is -0.354 e. The smallest absolute Gasteiger partial charge is 0.276 e. The van der Waals surface area contributed by atoms with Crippen molar-refractivity contribution in [2.75, 3.05) is 6.54 Å². The summed E-state index contributed by atoms with van der Waals surface area (Å²) in [4.78, 5) is 25.4. The highest BCUT2D eigenvalue weighted by Gasteiger charge is 2.16. The summed E-state index contributed by atoms with van der Waals surface area (Å²) in [6, 6.07) is 17.9. The summed E-state index contributed by atoms with van der Waals surface area (Å²) in [5.41, 5.74) is 1.71. The van der Waals surface area contributed by atoms with Gasteiger partial charge in [-0.05, 0) is 24.5 Å². The van der Waals surface area contributed by atoms with Crippen LogP contribution in [0.4, 0.5) is 0 Å². The Bertz CT molecular complexity index is 1210. The van der Waals surface area contributed by atoms with Gasteiger partial charge in [0.1, 0.15) is 6.54 Å². The molecule has 0 aliphatic heterocycles. The number of hydrogen-bond acceptors (Lipinski definition) is 4. The number of fused-ring (bicyclic) bond motifs is 3. The summed E-state index contributed by atoms with van der Waals surface area (Å²) in [6.45, 7) is 4.37. The van der Waals surface area contributed by atoms with E-state index in [4.69, 9.17) is 0 Å². The molecular weight excluding hydrogens is 370 g/mol. The molecule has 0 fully saturated rings. The number of aromatic nitrogens is 2. The van der Waals surface area contributed by atoms with Gasteiger partial charge in [-0.25, -0.2) is 4.68 Å². The third-order valence-electron chi connectivity index (χ3n) is 4.91. The van der Waals surface area contributed by atoms with Gasteiger partial charge in [-0.2, -0.15) is 5.10 Å². The predicted octanol–water partition coefficient (Wildman–Crippen LogP) is 3.84. The molecule has 2 heterocycles. The molecule has 1 amide bonds. The Kier molecular flexibility index (Phi) is 4.96. The maximum absolute atomic E-state index is 13.0. The fourth-order valence-electron chi connectivity index (χ4n) is 3.38. The van der Waals surface area contributed by atoms with Gasteiger partial charge in [0, 0.05) is 16.6 Å². The van der Waals surface area contributed by atoms with Gasteiger partial charge in [0.05, 0.1) is 15.8 Å². The maximum Gasteiger partial charge on any atom is 0.276 e. The Morgan fingerprint density at radius 1 is 1.14 bits per heavy atom. The van der Waals surface area contributed by atoms with Crippen molar-refractivity contribution in [2.45, 2.75) is 26.3 Å². The molecule has 4 rings (SSSR count). The molecular formula is C22H21N3O2S. The number of nitrogens with zero attached hydrogens (tertiary/aromatic N) is 2. The topological polar surface area (TPSA) is 64.0 Å². The summed E-state index contributed by atoms with van der Waals surface area (Å²) >= 11 is 1.57. The van der Waals surface area contributed by atoms with E-state index in [1.807, 2.05) is 61.5 Å². The Morgan fingerprint density at radius 3 is 2.64 bits per heavy atom. The van der Waals surface area contributed by atoms with E-state index in [0.717, 1.165) is 20.5 Å². The van der Waals surface area contributed by atoms with E-state index in [1.54, 1.807) is 11.3 Å². The number of nitrogens with one attached hydrogen (secondary N) is 1. The van der Waals surface area contributed by atoms with E-state index in [0.29, 0.717) is 11.9 Å². The first kappa shape index (κ1) is 18.4. The van der Waals surface area contributed by atoms with Crippen LogP contribution < -0.4 is 10.9 Å². The molecule has 28 heavy (non-hydrogen) atoms. The van der Waals surface area contributed by atoms with Crippen LogP contribution in [0, 0.1) is 6.92 Å². The maximum atomic E-state index is 13.0. The Morgan fingerprint density at radius 2 is 1.86 bits per heavy atom. The quantitative estimate of drug-likeness (QED) is 0.562. The van der Waals surface area contributed by atoms with E-state index < -0.39 is 0 Å². The zero-order valence-electron chi connectivity index (χ0n) is 15.8. The van der Waals surface area contributed by atoms with Crippen molar-refractivity contribution in [3.8, 4) is 0 Å². The van der Waals surface area contributed by atoms with Crippen LogP contribution in [0.15, 0.2) is 59.4 Å². The lowest BCUT2D eigenvalue weighted by Gasteiger charge is -2.13. The van der Waals surface area contributed by atoms with Crippen molar-refractivity contribution in [3.63, 3.8) is 0 Å². The average Bonchev–Trinajstić information content (AvgIpc) is 3.11. The number of benzene rings is 2. The van der Waals surface area contributed by atoms with E-state index in [9.17, 15) is 9.59 Å². The summed E-state index contributed by atoms with van der Waals surface area (Å²) in [6.07, 6.45) is 0. The third-order valence-corrected chi connectivity index (χ3v) is 6.19. The molecule has 0 radical (unpaired) electrons. The predicted molar refractivity (Wildman–Crippen MR) is 114 cm³/mol. The normalized spacial score (nSPS) is 12.4. The molecule has 1 atom stereocenters. The largest absolute Gasteiger partial charge is 0.354 e. The van der Waals surface area contributed by atoms with Crippen LogP contribution in [-0.2, 0) is 11.3 Å². The first-order chi connectivity index (χ1) is 13.5. The van der Waals surface area contributed by atoms with Crippen LogP contribution in [0.1, 0.15) is 24.1 Å².